The molecule has 1 amide bonds. The van der Waals surface area contributed by atoms with E-state index < -0.39 is 0 Å². The summed E-state index contributed by atoms with van der Waals surface area (Å²) in [6.45, 7) is 2.59. The quantitative estimate of drug-likeness (QED) is 0.598. The van der Waals surface area contributed by atoms with Crippen LogP contribution in [0.5, 0.6) is 0 Å². The number of carbonyl (C=O) groups is 1. The summed E-state index contributed by atoms with van der Waals surface area (Å²) >= 11 is 7.72. The lowest BCUT2D eigenvalue weighted by Gasteiger charge is -2.35. The van der Waals surface area contributed by atoms with Crippen LogP contribution in [0.4, 0.5) is 4.39 Å². The number of rotatable bonds is 3. The number of hydrogen-bond donors (Lipinski definition) is 0. The maximum atomic E-state index is 13.6. The first-order valence-corrected chi connectivity index (χ1v) is 10.1. The van der Waals surface area contributed by atoms with Gasteiger partial charge in [-0.1, -0.05) is 35.9 Å². The van der Waals surface area contributed by atoms with E-state index in [4.69, 9.17) is 11.6 Å². The highest BCUT2D eigenvalue weighted by molar-refractivity contribution is 7.13. The average molecular weight is 401 g/mol. The van der Waals surface area contributed by atoms with Crippen LogP contribution in [0, 0.1) is 5.82 Å². The third-order valence-corrected chi connectivity index (χ3v) is 6.21. The van der Waals surface area contributed by atoms with E-state index in [9.17, 15) is 9.18 Å². The number of aromatic nitrogens is 1. The van der Waals surface area contributed by atoms with Crippen molar-refractivity contribution in [2.45, 2.75) is 25.8 Å². The number of benzene rings is 2. The lowest BCUT2D eigenvalue weighted by Crippen LogP contribution is -2.39. The van der Waals surface area contributed by atoms with Crippen LogP contribution in [0.25, 0.3) is 10.6 Å². The standard InChI is InChI=1S/C21H18ClFN2OS/c1-13-18-10-15(23)7-6-14(18)8-9-25(13)20(26)11-16-12-27-21(24-16)17-4-2-3-5-19(17)22/h2-7,10,12-13H,8-9,11H2,1H3. The van der Waals surface area contributed by atoms with Gasteiger partial charge in [-0.25, -0.2) is 9.37 Å². The van der Waals surface area contributed by atoms with Crippen molar-refractivity contribution in [1.29, 1.82) is 0 Å². The molecule has 0 N–H and O–H groups in total. The third-order valence-electron chi connectivity index (χ3n) is 4.96. The van der Waals surface area contributed by atoms with E-state index in [-0.39, 0.29) is 24.2 Å². The second-order valence-corrected chi connectivity index (χ2v) is 7.92. The largest absolute Gasteiger partial charge is 0.335 e. The third kappa shape index (κ3) is 3.62. The van der Waals surface area contributed by atoms with E-state index >= 15 is 0 Å². The summed E-state index contributed by atoms with van der Waals surface area (Å²) in [4.78, 5) is 19.3. The number of nitrogens with zero attached hydrogens (tertiary/aromatic N) is 2. The molecule has 2 heterocycles. The fourth-order valence-corrected chi connectivity index (χ4v) is 4.67. The minimum absolute atomic E-state index is 0.00780. The van der Waals surface area contributed by atoms with Crippen LogP contribution >= 0.6 is 22.9 Å². The molecule has 1 aromatic heterocycles. The van der Waals surface area contributed by atoms with Crippen LogP contribution in [0.3, 0.4) is 0 Å². The summed E-state index contributed by atoms with van der Waals surface area (Å²) in [6, 6.07) is 12.2. The SMILES string of the molecule is CC1c2cc(F)ccc2CCN1C(=O)Cc1csc(-c2ccccc2Cl)n1. The van der Waals surface area contributed by atoms with E-state index in [1.165, 1.54) is 23.5 Å². The molecule has 0 bridgehead atoms. The second-order valence-electron chi connectivity index (χ2n) is 6.66. The zero-order valence-electron chi connectivity index (χ0n) is 14.8. The molecule has 0 radical (unpaired) electrons. The molecule has 0 saturated carbocycles. The zero-order valence-corrected chi connectivity index (χ0v) is 16.4. The van der Waals surface area contributed by atoms with Gasteiger partial charge in [0.25, 0.3) is 0 Å². The molecular weight excluding hydrogens is 383 g/mol. The van der Waals surface area contributed by atoms with Crippen LogP contribution in [-0.4, -0.2) is 22.3 Å². The van der Waals surface area contributed by atoms with Crippen molar-refractivity contribution in [3.05, 3.63) is 75.5 Å². The Bertz CT molecular complexity index is 1000. The van der Waals surface area contributed by atoms with Crippen molar-refractivity contribution in [1.82, 2.24) is 9.88 Å². The van der Waals surface area contributed by atoms with Gasteiger partial charge in [-0.2, -0.15) is 0 Å². The van der Waals surface area contributed by atoms with Crippen molar-refractivity contribution < 1.29 is 9.18 Å². The van der Waals surface area contributed by atoms with Crippen molar-refractivity contribution in [2.75, 3.05) is 6.54 Å². The number of halogens is 2. The normalized spacial score (nSPS) is 16.3. The number of thiazole rings is 1. The molecule has 0 fully saturated rings. The van der Waals surface area contributed by atoms with E-state index in [1.807, 2.05) is 47.5 Å². The summed E-state index contributed by atoms with van der Waals surface area (Å²) in [7, 11) is 0. The van der Waals surface area contributed by atoms with Gasteiger partial charge in [-0.05, 0) is 42.7 Å². The fourth-order valence-electron chi connectivity index (χ4n) is 3.53. The average Bonchev–Trinajstić information content (AvgIpc) is 3.11. The highest BCUT2D eigenvalue weighted by Crippen LogP contribution is 2.32. The summed E-state index contributed by atoms with van der Waals surface area (Å²) in [5.74, 6) is -0.257. The maximum absolute atomic E-state index is 13.6. The maximum Gasteiger partial charge on any atom is 0.229 e. The van der Waals surface area contributed by atoms with Gasteiger partial charge in [-0.3, -0.25) is 4.79 Å². The molecule has 4 rings (SSSR count). The van der Waals surface area contributed by atoms with Crippen molar-refractivity contribution in [3.8, 4) is 10.6 Å². The topological polar surface area (TPSA) is 33.2 Å². The molecule has 0 spiro atoms. The Labute approximate surface area is 166 Å². The summed E-state index contributed by atoms with van der Waals surface area (Å²) in [5.41, 5.74) is 3.61. The number of fused-ring (bicyclic) bond motifs is 1. The molecule has 1 atom stereocenters. The van der Waals surface area contributed by atoms with Crippen LogP contribution in [0.15, 0.2) is 47.8 Å². The Balaban J connectivity index is 1.51. The first-order valence-electron chi connectivity index (χ1n) is 8.80. The van der Waals surface area contributed by atoms with Crippen LogP contribution in [0.1, 0.15) is 29.8 Å². The highest BCUT2D eigenvalue weighted by atomic mass is 35.5. The van der Waals surface area contributed by atoms with Gasteiger partial charge in [0.1, 0.15) is 10.8 Å². The minimum Gasteiger partial charge on any atom is -0.335 e. The molecule has 3 aromatic rings. The van der Waals surface area contributed by atoms with Gasteiger partial charge in [0.15, 0.2) is 0 Å². The zero-order chi connectivity index (χ0) is 19.0. The van der Waals surface area contributed by atoms with Gasteiger partial charge < -0.3 is 4.90 Å². The van der Waals surface area contributed by atoms with Crippen molar-refractivity contribution in [3.63, 3.8) is 0 Å². The molecule has 27 heavy (non-hydrogen) atoms. The summed E-state index contributed by atoms with van der Waals surface area (Å²) < 4.78 is 13.6. The van der Waals surface area contributed by atoms with Gasteiger partial charge in [0, 0.05) is 17.5 Å². The predicted molar refractivity (Wildman–Crippen MR) is 106 cm³/mol. The molecule has 138 valence electrons. The molecule has 6 heteroatoms. The lowest BCUT2D eigenvalue weighted by molar-refractivity contribution is -0.133. The predicted octanol–water partition coefficient (Wildman–Crippen LogP) is 5.29. The number of carbonyl (C=O) groups excluding carboxylic acids is 1. The Kier molecular flexibility index (Phi) is 4.98. The smallest absolute Gasteiger partial charge is 0.229 e. The second kappa shape index (κ2) is 7.41. The van der Waals surface area contributed by atoms with Gasteiger partial charge >= 0.3 is 0 Å². The molecule has 2 aromatic carbocycles. The molecule has 0 aliphatic carbocycles. The summed E-state index contributed by atoms with van der Waals surface area (Å²) in [5, 5.41) is 3.36. The molecule has 1 unspecified atom stereocenters. The highest BCUT2D eigenvalue weighted by Gasteiger charge is 2.28. The summed E-state index contributed by atoms with van der Waals surface area (Å²) in [6.07, 6.45) is 0.976. The molecular formula is C21H18ClFN2OS. The Morgan fingerprint density at radius 3 is 2.96 bits per heavy atom. The van der Waals surface area contributed by atoms with Gasteiger partial charge in [0.05, 0.1) is 23.2 Å². The van der Waals surface area contributed by atoms with E-state index in [2.05, 4.69) is 4.98 Å². The van der Waals surface area contributed by atoms with Crippen molar-refractivity contribution in [2.24, 2.45) is 0 Å². The Hall–Kier alpha value is -2.24. The number of hydrogen-bond acceptors (Lipinski definition) is 3. The first kappa shape index (κ1) is 18.1. The molecule has 3 nitrogen and oxygen atoms in total. The monoisotopic (exact) mass is 400 g/mol. The van der Waals surface area contributed by atoms with Crippen molar-refractivity contribution >= 4 is 28.8 Å². The Morgan fingerprint density at radius 1 is 1.33 bits per heavy atom. The fraction of sp³-hybridized carbons (Fsp3) is 0.238. The first-order chi connectivity index (χ1) is 13.0. The van der Waals surface area contributed by atoms with Crippen LogP contribution in [0.2, 0.25) is 5.02 Å². The van der Waals surface area contributed by atoms with E-state index in [0.717, 1.165) is 33.8 Å². The van der Waals surface area contributed by atoms with Crippen LogP contribution in [-0.2, 0) is 17.6 Å². The number of amides is 1. The van der Waals surface area contributed by atoms with Gasteiger partial charge in [-0.15, -0.1) is 11.3 Å². The Morgan fingerprint density at radius 2 is 2.15 bits per heavy atom. The lowest BCUT2D eigenvalue weighted by atomic mass is 9.93. The molecule has 1 aliphatic heterocycles. The molecule has 0 saturated heterocycles. The van der Waals surface area contributed by atoms with Crippen LogP contribution < -0.4 is 0 Å². The minimum atomic E-state index is -0.265. The van der Waals surface area contributed by atoms with E-state index in [1.54, 1.807) is 0 Å². The van der Waals surface area contributed by atoms with E-state index in [0.29, 0.717) is 11.6 Å². The van der Waals surface area contributed by atoms with Gasteiger partial charge in [0.2, 0.25) is 5.91 Å². The molecule has 1 aliphatic rings.